The average molecular weight is 278 g/mol. The highest BCUT2D eigenvalue weighted by Gasteiger charge is 2.23. The molecular formula is C16H14N4O. The van der Waals surface area contributed by atoms with Gasteiger partial charge >= 0.3 is 0 Å². The standard InChI is InChI=1S/C16H14N4O/c21-16(14-10-15-17-7-3-8-20(15)18-14)19-9-6-12-4-1-2-5-13(12)11-19/h1-5,7-8,10H,6,9,11H2. The number of aromatic nitrogens is 3. The van der Waals surface area contributed by atoms with Gasteiger partial charge in [-0.15, -0.1) is 0 Å². The Labute approximate surface area is 121 Å². The molecule has 0 unspecified atom stereocenters. The fraction of sp³-hybridized carbons (Fsp3) is 0.188. The smallest absolute Gasteiger partial charge is 0.274 e. The van der Waals surface area contributed by atoms with Crippen molar-refractivity contribution in [3.05, 3.63) is 65.6 Å². The van der Waals surface area contributed by atoms with Crippen molar-refractivity contribution in [3.63, 3.8) is 0 Å². The summed E-state index contributed by atoms with van der Waals surface area (Å²) in [4.78, 5) is 18.6. The summed E-state index contributed by atoms with van der Waals surface area (Å²) in [5, 5.41) is 4.31. The zero-order valence-electron chi connectivity index (χ0n) is 11.4. The summed E-state index contributed by atoms with van der Waals surface area (Å²) >= 11 is 0. The molecule has 0 saturated heterocycles. The third kappa shape index (κ3) is 2.07. The van der Waals surface area contributed by atoms with Gasteiger partial charge in [0.25, 0.3) is 5.91 Å². The van der Waals surface area contributed by atoms with Crippen LogP contribution in [-0.4, -0.2) is 31.9 Å². The topological polar surface area (TPSA) is 50.5 Å². The summed E-state index contributed by atoms with van der Waals surface area (Å²) in [6.07, 6.45) is 4.39. The van der Waals surface area contributed by atoms with Crippen molar-refractivity contribution in [1.82, 2.24) is 19.5 Å². The molecule has 0 atom stereocenters. The summed E-state index contributed by atoms with van der Waals surface area (Å²) < 4.78 is 1.63. The lowest BCUT2D eigenvalue weighted by atomic mass is 10.00. The zero-order chi connectivity index (χ0) is 14.2. The van der Waals surface area contributed by atoms with Gasteiger partial charge in [-0.2, -0.15) is 5.10 Å². The lowest BCUT2D eigenvalue weighted by Crippen LogP contribution is -2.36. The van der Waals surface area contributed by atoms with Crippen molar-refractivity contribution in [1.29, 1.82) is 0 Å². The van der Waals surface area contributed by atoms with Gasteiger partial charge in [0.05, 0.1) is 0 Å². The first-order valence-electron chi connectivity index (χ1n) is 6.98. The van der Waals surface area contributed by atoms with E-state index >= 15 is 0 Å². The minimum Gasteiger partial charge on any atom is -0.333 e. The summed E-state index contributed by atoms with van der Waals surface area (Å²) in [6.45, 7) is 1.38. The SMILES string of the molecule is O=C(c1cc2ncccn2n1)N1CCc2ccccc2C1. The number of carbonyl (C=O) groups is 1. The Morgan fingerprint density at radius 2 is 2.00 bits per heavy atom. The molecule has 5 nitrogen and oxygen atoms in total. The molecule has 1 amide bonds. The number of hydrogen-bond acceptors (Lipinski definition) is 3. The minimum absolute atomic E-state index is 0.0324. The van der Waals surface area contributed by atoms with Crippen molar-refractivity contribution < 1.29 is 4.79 Å². The molecule has 0 radical (unpaired) electrons. The van der Waals surface area contributed by atoms with Crippen LogP contribution < -0.4 is 0 Å². The van der Waals surface area contributed by atoms with Crippen LogP contribution in [0.2, 0.25) is 0 Å². The van der Waals surface area contributed by atoms with E-state index in [1.54, 1.807) is 29.0 Å². The molecule has 0 aliphatic carbocycles. The molecule has 0 spiro atoms. The summed E-state index contributed by atoms with van der Waals surface area (Å²) in [5.74, 6) is -0.0324. The second-order valence-corrected chi connectivity index (χ2v) is 5.20. The van der Waals surface area contributed by atoms with E-state index in [1.807, 2.05) is 17.0 Å². The van der Waals surface area contributed by atoms with Crippen LogP contribution in [0.15, 0.2) is 48.8 Å². The number of hydrogen-bond donors (Lipinski definition) is 0. The summed E-state index contributed by atoms with van der Waals surface area (Å²) in [5.41, 5.74) is 3.70. The number of rotatable bonds is 1. The highest BCUT2D eigenvalue weighted by atomic mass is 16.2. The van der Waals surface area contributed by atoms with Crippen LogP contribution in [0.1, 0.15) is 21.6 Å². The van der Waals surface area contributed by atoms with Crippen molar-refractivity contribution in [2.24, 2.45) is 0 Å². The van der Waals surface area contributed by atoms with Gasteiger partial charge in [0.2, 0.25) is 0 Å². The van der Waals surface area contributed by atoms with E-state index in [1.165, 1.54) is 11.1 Å². The van der Waals surface area contributed by atoms with Crippen LogP contribution in [0.25, 0.3) is 5.65 Å². The molecule has 104 valence electrons. The van der Waals surface area contributed by atoms with Crippen molar-refractivity contribution in [2.75, 3.05) is 6.54 Å². The Balaban J connectivity index is 1.63. The second kappa shape index (κ2) is 4.70. The van der Waals surface area contributed by atoms with Gasteiger partial charge in [0.15, 0.2) is 11.3 Å². The second-order valence-electron chi connectivity index (χ2n) is 5.20. The van der Waals surface area contributed by atoms with Gasteiger partial charge in [-0.25, -0.2) is 9.50 Å². The van der Waals surface area contributed by atoms with E-state index in [2.05, 4.69) is 22.2 Å². The van der Waals surface area contributed by atoms with Crippen molar-refractivity contribution in [2.45, 2.75) is 13.0 Å². The number of fused-ring (bicyclic) bond motifs is 2. The molecule has 1 aliphatic heterocycles. The largest absolute Gasteiger partial charge is 0.333 e. The Kier molecular flexibility index (Phi) is 2.70. The van der Waals surface area contributed by atoms with Crippen LogP contribution in [0.3, 0.4) is 0 Å². The van der Waals surface area contributed by atoms with Gasteiger partial charge in [0, 0.05) is 31.5 Å². The van der Waals surface area contributed by atoms with Crippen molar-refractivity contribution >= 4 is 11.6 Å². The lowest BCUT2D eigenvalue weighted by Gasteiger charge is -2.28. The normalized spacial score (nSPS) is 14.2. The molecule has 21 heavy (non-hydrogen) atoms. The van der Waals surface area contributed by atoms with Gasteiger partial charge < -0.3 is 4.90 Å². The average Bonchev–Trinajstić information content (AvgIpc) is 2.97. The molecule has 3 aromatic rings. The molecule has 4 rings (SSSR count). The minimum atomic E-state index is -0.0324. The Hall–Kier alpha value is -2.69. The number of carbonyl (C=O) groups excluding carboxylic acids is 1. The van der Waals surface area contributed by atoms with E-state index in [9.17, 15) is 4.79 Å². The first-order valence-corrected chi connectivity index (χ1v) is 6.98. The fourth-order valence-electron chi connectivity index (χ4n) is 2.77. The van der Waals surface area contributed by atoms with E-state index in [-0.39, 0.29) is 5.91 Å². The molecule has 1 aliphatic rings. The molecule has 0 fully saturated rings. The predicted octanol–water partition coefficient (Wildman–Crippen LogP) is 1.93. The molecule has 0 N–H and O–H groups in total. The number of nitrogens with zero attached hydrogens (tertiary/aromatic N) is 4. The molecule has 0 saturated carbocycles. The maximum absolute atomic E-state index is 12.6. The Morgan fingerprint density at radius 3 is 2.86 bits per heavy atom. The lowest BCUT2D eigenvalue weighted by molar-refractivity contribution is 0.0728. The van der Waals surface area contributed by atoms with E-state index in [0.29, 0.717) is 17.9 Å². The van der Waals surface area contributed by atoms with E-state index in [0.717, 1.165) is 13.0 Å². The summed E-state index contributed by atoms with van der Waals surface area (Å²) in [6, 6.07) is 11.8. The quantitative estimate of drug-likeness (QED) is 0.683. The van der Waals surface area contributed by atoms with Gasteiger partial charge in [-0.1, -0.05) is 24.3 Å². The first-order chi connectivity index (χ1) is 10.3. The van der Waals surface area contributed by atoms with Crippen LogP contribution in [0.5, 0.6) is 0 Å². The van der Waals surface area contributed by atoms with E-state index in [4.69, 9.17) is 0 Å². The van der Waals surface area contributed by atoms with Crippen molar-refractivity contribution in [3.8, 4) is 0 Å². The van der Waals surface area contributed by atoms with Crippen LogP contribution in [-0.2, 0) is 13.0 Å². The fourth-order valence-corrected chi connectivity index (χ4v) is 2.77. The Morgan fingerprint density at radius 1 is 1.14 bits per heavy atom. The maximum Gasteiger partial charge on any atom is 0.274 e. The van der Waals surface area contributed by atoms with Crippen LogP contribution in [0, 0.1) is 0 Å². The maximum atomic E-state index is 12.6. The monoisotopic (exact) mass is 278 g/mol. The number of amides is 1. The van der Waals surface area contributed by atoms with Crippen LogP contribution >= 0.6 is 0 Å². The summed E-state index contributed by atoms with van der Waals surface area (Å²) in [7, 11) is 0. The third-order valence-electron chi connectivity index (χ3n) is 3.87. The third-order valence-corrected chi connectivity index (χ3v) is 3.87. The molecule has 5 heteroatoms. The molecular weight excluding hydrogens is 264 g/mol. The Bertz CT molecular complexity index is 791. The van der Waals surface area contributed by atoms with Gasteiger partial charge in [-0.05, 0) is 23.6 Å². The molecule has 0 bridgehead atoms. The molecule has 3 heterocycles. The first kappa shape index (κ1) is 12.1. The highest BCUT2D eigenvalue weighted by molar-refractivity contribution is 5.93. The number of benzene rings is 1. The van der Waals surface area contributed by atoms with Gasteiger partial charge in [0.1, 0.15) is 0 Å². The molecule has 2 aromatic heterocycles. The molecule has 1 aromatic carbocycles. The predicted molar refractivity (Wildman–Crippen MR) is 77.9 cm³/mol. The highest BCUT2D eigenvalue weighted by Crippen LogP contribution is 2.20. The van der Waals surface area contributed by atoms with E-state index < -0.39 is 0 Å². The van der Waals surface area contributed by atoms with Gasteiger partial charge in [-0.3, -0.25) is 4.79 Å². The zero-order valence-corrected chi connectivity index (χ0v) is 11.4. The van der Waals surface area contributed by atoms with Crippen LogP contribution in [0.4, 0.5) is 0 Å².